The normalized spacial score (nSPS) is 16.7. The highest BCUT2D eigenvalue weighted by Crippen LogP contribution is 2.32. The minimum atomic E-state index is -0.232. The SMILES string of the molecule is Cc1ccc(Nc2nnc(S[C@@H](C)C(=O)N[C@@H]3CCCc4ccccc43)s2)cc1. The van der Waals surface area contributed by atoms with Crippen molar-refractivity contribution in [3.63, 3.8) is 0 Å². The first-order chi connectivity index (χ1) is 14.1. The largest absolute Gasteiger partial charge is 0.348 e. The van der Waals surface area contributed by atoms with Crippen molar-refractivity contribution in [2.75, 3.05) is 5.32 Å². The lowest BCUT2D eigenvalue weighted by Gasteiger charge is -2.27. The van der Waals surface area contributed by atoms with E-state index in [-0.39, 0.29) is 17.2 Å². The minimum Gasteiger partial charge on any atom is -0.348 e. The molecule has 1 aliphatic carbocycles. The van der Waals surface area contributed by atoms with Gasteiger partial charge >= 0.3 is 0 Å². The third-order valence-electron chi connectivity index (χ3n) is 5.04. The van der Waals surface area contributed by atoms with Crippen LogP contribution >= 0.6 is 23.1 Å². The van der Waals surface area contributed by atoms with Crippen LogP contribution in [-0.2, 0) is 11.2 Å². The average Bonchev–Trinajstić information content (AvgIpc) is 3.16. The summed E-state index contributed by atoms with van der Waals surface area (Å²) in [6, 6.07) is 16.6. The summed E-state index contributed by atoms with van der Waals surface area (Å²) in [6.07, 6.45) is 3.19. The summed E-state index contributed by atoms with van der Waals surface area (Å²) in [5, 5.41) is 15.4. The summed E-state index contributed by atoms with van der Waals surface area (Å²) in [4.78, 5) is 12.8. The fourth-order valence-corrected chi connectivity index (χ4v) is 5.39. The molecule has 1 aromatic heterocycles. The van der Waals surface area contributed by atoms with Crippen molar-refractivity contribution >= 4 is 39.8 Å². The van der Waals surface area contributed by atoms with Gasteiger partial charge in [0.2, 0.25) is 11.0 Å². The number of rotatable bonds is 6. The molecule has 0 unspecified atom stereocenters. The van der Waals surface area contributed by atoms with Gasteiger partial charge in [-0.3, -0.25) is 4.79 Å². The molecular formula is C22H24N4OS2. The van der Waals surface area contributed by atoms with E-state index in [9.17, 15) is 4.79 Å². The smallest absolute Gasteiger partial charge is 0.233 e. The van der Waals surface area contributed by atoms with E-state index in [0.717, 1.165) is 34.4 Å². The number of nitrogens with zero attached hydrogens (tertiary/aromatic N) is 2. The van der Waals surface area contributed by atoms with Gasteiger partial charge in [0.25, 0.3) is 0 Å². The number of aryl methyl sites for hydroxylation is 2. The van der Waals surface area contributed by atoms with Gasteiger partial charge in [-0.2, -0.15) is 0 Å². The van der Waals surface area contributed by atoms with E-state index in [2.05, 4.69) is 58.1 Å². The minimum absolute atomic E-state index is 0.0416. The van der Waals surface area contributed by atoms with Gasteiger partial charge in [0, 0.05) is 5.69 Å². The van der Waals surface area contributed by atoms with Crippen molar-refractivity contribution in [1.82, 2.24) is 15.5 Å². The lowest BCUT2D eigenvalue weighted by molar-refractivity contribution is -0.121. The predicted molar refractivity (Wildman–Crippen MR) is 120 cm³/mol. The van der Waals surface area contributed by atoms with Crippen LogP contribution in [0, 0.1) is 6.92 Å². The molecule has 0 bridgehead atoms. The highest BCUT2D eigenvalue weighted by molar-refractivity contribution is 8.02. The quantitative estimate of drug-likeness (QED) is 0.528. The number of hydrogen-bond donors (Lipinski definition) is 2. The van der Waals surface area contributed by atoms with Gasteiger partial charge in [-0.1, -0.05) is 65.1 Å². The maximum Gasteiger partial charge on any atom is 0.233 e. The second-order valence-corrected chi connectivity index (χ2v) is 9.84. The van der Waals surface area contributed by atoms with Gasteiger partial charge in [0.05, 0.1) is 11.3 Å². The first kappa shape index (κ1) is 19.9. The Morgan fingerprint density at radius 1 is 1.17 bits per heavy atom. The zero-order chi connectivity index (χ0) is 20.2. The molecule has 2 aromatic carbocycles. The van der Waals surface area contributed by atoms with E-state index in [1.807, 2.05) is 25.1 Å². The molecule has 150 valence electrons. The van der Waals surface area contributed by atoms with Crippen LogP contribution in [0.5, 0.6) is 0 Å². The number of aromatic nitrogens is 2. The maximum atomic E-state index is 12.8. The number of benzene rings is 2. The highest BCUT2D eigenvalue weighted by Gasteiger charge is 2.24. The van der Waals surface area contributed by atoms with Crippen molar-refractivity contribution in [3.8, 4) is 0 Å². The molecule has 1 heterocycles. The van der Waals surface area contributed by atoms with Gasteiger partial charge in [0.1, 0.15) is 0 Å². The van der Waals surface area contributed by atoms with Crippen LogP contribution in [-0.4, -0.2) is 21.4 Å². The molecule has 0 radical (unpaired) electrons. The average molecular weight is 425 g/mol. The molecule has 4 rings (SSSR count). The number of anilines is 2. The van der Waals surface area contributed by atoms with Crippen molar-refractivity contribution in [2.24, 2.45) is 0 Å². The summed E-state index contributed by atoms with van der Waals surface area (Å²) < 4.78 is 0.784. The molecule has 2 atom stereocenters. The first-order valence-corrected chi connectivity index (χ1v) is 11.5. The molecule has 0 spiro atoms. The van der Waals surface area contributed by atoms with Gasteiger partial charge in [-0.05, 0) is 56.4 Å². The Hall–Kier alpha value is -2.38. The summed E-state index contributed by atoms with van der Waals surface area (Å²) in [5.41, 5.74) is 4.79. The van der Waals surface area contributed by atoms with Crippen LogP contribution in [0.3, 0.4) is 0 Å². The van der Waals surface area contributed by atoms with Gasteiger partial charge < -0.3 is 10.6 Å². The molecular weight excluding hydrogens is 400 g/mol. The Kier molecular flexibility index (Phi) is 6.16. The van der Waals surface area contributed by atoms with Crippen molar-refractivity contribution < 1.29 is 4.79 Å². The standard InChI is InChI=1S/C22H24N4OS2/c1-14-10-12-17(13-11-14)23-21-25-26-22(29-21)28-15(2)20(27)24-19-9-5-7-16-6-3-4-8-18(16)19/h3-4,6,8,10-13,15,19H,5,7,9H2,1-2H3,(H,23,25)(H,24,27)/t15-,19+/m0/s1. The maximum absolute atomic E-state index is 12.8. The van der Waals surface area contributed by atoms with Crippen LogP contribution in [0.2, 0.25) is 0 Å². The van der Waals surface area contributed by atoms with E-state index in [1.165, 1.54) is 39.8 Å². The van der Waals surface area contributed by atoms with Crippen LogP contribution in [0.15, 0.2) is 52.9 Å². The predicted octanol–water partition coefficient (Wildman–Crippen LogP) is 5.26. The lowest BCUT2D eigenvalue weighted by Crippen LogP contribution is -2.35. The van der Waals surface area contributed by atoms with E-state index in [0.29, 0.717) is 0 Å². The van der Waals surface area contributed by atoms with Gasteiger partial charge in [-0.25, -0.2) is 0 Å². The van der Waals surface area contributed by atoms with E-state index < -0.39 is 0 Å². The first-order valence-electron chi connectivity index (χ1n) is 9.80. The number of hydrogen-bond acceptors (Lipinski definition) is 6. The molecule has 0 saturated heterocycles. The summed E-state index contributed by atoms with van der Waals surface area (Å²) in [5.74, 6) is 0.0416. The summed E-state index contributed by atoms with van der Waals surface area (Å²) in [7, 11) is 0. The second kappa shape index (κ2) is 8.97. The van der Waals surface area contributed by atoms with Gasteiger partial charge in [0.15, 0.2) is 4.34 Å². The number of amides is 1. The fraction of sp³-hybridized carbons (Fsp3) is 0.318. The second-order valence-electron chi connectivity index (χ2n) is 7.28. The Bertz CT molecular complexity index is 986. The number of carbonyl (C=O) groups is 1. The van der Waals surface area contributed by atoms with Crippen LogP contribution < -0.4 is 10.6 Å². The monoisotopic (exact) mass is 424 g/mol. The highest BCUT2D eigenvalue weighted by atomic mass is 32.2. The molecule has 0 saturated carbocycles. The molecule has 29 heavy (non-hydrogen) atoms. The molecule has 7 heteroatoms. The molecule has 5 nitrogen and oxygen atoms in total. The Morgan fingerprint density at radius 2 is 1.97 bits per heavy atom. The van der Waals surface area contributed by atoms with Crippen molar-refractivity contribution in [1.29, 1.82) is 0 Å². The molecule has 0 fully saturated rings. The molecule has 1 amide bonds. The Labute approximate surface area is 179 Å². The molecule has 2 N–H and O–H groups in total. The number of nitrogens with one attached hydrogen (secondary N) is 2. The van der Waals surface area contributed by atoms with Crippen molar-refractivity contribution in [2.45, 2.75) is 48.7 Å². The van der Waals surface area contributed by atoms with Crippen LogP contribution in [0.4, 0.5) is 10.8 Å². The molecule has 0 aliphatic heterocycles. The number of carbonyl (C=O) groups excluding carboxylic acids is 1. The number of fused-ring (bicyclic) bond motifs is 1. The third-order valence-corrected chi connectivity index (χ3v) is 7.06. The topological polar surface area (TPSA) is 66.9 Å². The van der Waals surface area contributed by atoms with Gasteiger partial charge in [-0.15, -0.1) is 10.2 Å². The Morgan fingerprint density at radius 3 is 2.79 bits per heavy atom. The molecule has 3 aromatic rings. The number of thioether (sulfide) groups is 1. The zero-order valence-electron chi connectivity index (χ0n) is 16.5. The van der Waals surface area contributed by atoms with Crippen LogP contribution in [0.1, 0.15) is 42.5 Å². The third kappa shape index (κ3) is 4.97. The zero-order valence-corrected chi connectivity index (χ0v) is 18.1. The van der Waals surface area contributed by atoms with Crippen molar-refractivity contribution in [3.05, 3.63) is 65.2 Å². The summed E-state index contributed by atoms with van der Waals surface area (Å²) >= 11 is 2.91. The Balaban J connectivity index is 1.35. The lowest BCUT2D eigenvalue weighted by atomic mass is 9.88. The van der Waals surface area contributed by atoms with E-state index >= 15 is 0 Å². The summed E-state index contributed by atoms with van der Waals surface area (Å²) in [6.45, 7) is 3.98. The fourth-order valence-electron chi connectivity index (χ4n) is 3.47. The molecule has 1 aliphatic rings. The van der Waals surface area contributed by atoms with E-state index in [4.69, 9.17) is 0 Å². The van der Waals surface area contributed by atoms with Crippen LogP contribution in [0.25, 0.3) is 0 Å². The van der Waals surface area contributed by atoms with E-state index in [1.54, 1.807) is 0 Å².